The Morgan fingerprint density at radius 2 is 2.18 bits per heavy atom. The van der Waals surface area contributed by atoms with Crippen molar-refractivity contribution in [3.63, 3.8) is 0 Å². The second-order valence-electron chi connectivity index (χ2n) is 8.52. The van der Waals surface area contributed by atoms with Crippen LogP contribution in [0.15, 0.2) is 30.6 Å². The van der Waals surface area contributed by atoms with Crippen LogP contribution in [-0.4, -0.2) is 60.7 Å². The number of urea groups is 1. The van der Waals surface area contributed by atoms with Gasteiger partial charge in [0.15, 0.2) is 0 Å². The highest BCUT2D eigenvalue weighted by Crippen LogP contribution is 2.36. The van der Waals surface area contributed by atoms with Crippen molar-refractivity contribution >= 4 is 22.8 Å². The molecular formula is C23H27N5O5. The van der Waals surface area contributed by atoms with E-state index in [1.807, 2.05) is 29.8 Å². The van der Waals surface area contributed by atoms with E-state index in [9.17, 15) is 4.79 Å². The van der Waals surface area contributed by atoms with Crippen molar-refractivity contribution in [1.29, 1.82) is 0 Å². The maximum atomic E-state index is 11.3. The Morgan fingerprint density at radius 3 is 2.85 bits per heavy atom. The Hall–Kier alpha value is -3.21. The van der Waals surface area contributed by atoms with E-state index in [0.717, 1.165) is 22.2 Å². The van der Waals surface area contributed by atoms with Crippen LogP contribution in [0.1, 0.15) is 17.7 Å². The largest absolute Gasteiger partial charge is 0.493 e. The van der Waals surface area contributed by atoms with Gasteiger partial charge in [-0.1, -0.05) is 0 Å². The Balaban J connectivity index is 1.60. The van der Waals surface area contributed by atoms with Gasteiger partial charge in [0.05, 0.1) is 37.6 Å². The number of carbonyl (C=O) groups excluding carboxylic acids is 1. The minimum absolute atomic E-state index is 0.365. The number of carbonyl (C=O) groups is 1. The molecule has 0 spiro atoms. The molecule has 0 unspecified atom stereocenters. The second kappa shape index (κ2) is 8.62. The highest BCUT2D eigenvalue weighted by atomic mass is 16.5. The summed E-state index contributed by atoms with van der Waals surface area (Å²) in [4.78, 5) is 20.6. The van der Waals surface area contributed by atoms with Gasteiger partial charge < -0.3 is 29.2 Å². The monoisotopic (exact) mass is 453 g/mol. The summed E-state index contributed by atoms with van der Waals surface area (Å²) in [7, 11) is 1.68. The summed E-state index contributed by atoms with van der Waals surface area (Å²) in [5.74, 6) is 2.13. The lowest BCUT2D eigenvalue weighted by Gasteiger charge is -2.28. The molecule has 5 rings (SSSR count). The number of hydrogen-bond donors (Lipinski definition) is 2. The zero-order valence-corrected chi connectivity index (χ0v) is 18.7. The SMILES string of the molecule is CO[C@]1(c2cc(OCC3COC3)cc(-n3cc(C)c4cnc(NC(N)=O)cc43)n2)CCOC1. The average Bonchev–Trinajstić information content (AvgIpc) is 3.38. The number of anilines is 1. The van der Waals surface area contributed by atoms with Crippen LogP contribution in [0.2, 0.25) is 0 Å². The van der Waals surface area contributed by atoms with Crippen molar-refractivity contribution in [2.75, 3.05) is 45.5 Å². The molecule has 1 atom stereocenters. The van der Waals surface area contributed by atoms with Crippen LogP contribution in [0.25, 0.3) is 16.7 Å². The number of ether oxygens (including phenoxy) is 4. The number of nitrogens with zero attached hydrogens (tertiary/aromatic N) is 3. The van der Waals surface area contributed by atoms with Gasteiger partial charge in [-0.15, -0.1) is 0 Å². The fourth-order valence-corrected chi connectivity index (χ4v) is 4.21. The molecule has 2 amide bonds. The third-order valence-electron chi connectivity index (χ3n) is 6.21. The quantitative estimate of drug-likeness (QED) is 0.563. The number of nitrogens with two attached hydrogens (primary N) is 1. The minimum atomic E-state index is -0.671. The molecule has 0 aliphatic carbocycles. The molecule has 3 aromatic rings. The molecule has 33 heavy (non-hydrogen) atoms. The molecule has 174 valence electrons. The topological polar surface area (TPSA) is 123 Å². The number of fused-ring (bicyclic) bond motifs is 1. The Bertz CT molecular complexity index is 1180. The van der Waals surface area contributed by atoms with Crippen LogP contribution in [0.3, 0.4) is 0 Å². The first kappa shape index (κ1) is 21.6. The van der Waals surface area contributed by atoms with Crippen LogP contribution in [0.4, 0.5) is 10.6 Å². The van der Waals surface area contributed by atoms with Gasteiger partial charge in [-0.2, -0.15) is 0 Å². The fourth-order valence-electron chi connectivity index (χ4n) is 4.21. The van der Waals surface area contributed by atoms with Crippen LogP contribution in [0, 0.1) is 12.8 Å². The van der Waals surface area contributed by atoms with E-state index in [2.05, 4.69) is 10.3 Å². The standard InChI is InChI=1S/C23H27N5O5/c1-14-9-28(18-7-20(27-22(24)29)25-8-17(14)18)21-6-16(33-12-15-10-32-11-15)5-19(26-21)23(30-2)3-4-31-13-23/h5-9,15H,3-4,10-13H2,1-2H3,(H3,24,25,27,29)/t23-/m1/s1. The predicted molar refractivity (Wildman–Crippen MR) is 121 cm³/mol. The van der Waals surface area contributed by atoms with Gasteiger partial charge in [0.2, 0.25) is 0 Å². The Kier molecular flexibility index (Phi) is 5.65. The lowest BCUT2D eigenvalue weighted by Crippen LogP contribution is -2.33. The van der Waals surface area contributed by atoms with Crippen molar-refractivity contribution < 1.29 is 23.7 Å². The molecule has 2 fully saturated rings. The van der Waals surface area contributed by atoms with Crippen LogP contribution in [-0.2, 0) is 19.8 Å². The first-order valence-corrected chi connectivity index (χ1v) is 10.9. The Labute approximate surface area is 191 Å². The molecule has 2 aliphatic rings. The molecule has 5 heterocycles. The summed E-state index contributed by atoms with van der Waals surface area (Å²) in [5, 5.41) is 3.48. The van der Waals surface area contributed by atoms with E-state index >= 15 is 0 Å². The van der Waals surface area contributed by atoms with Gasteiger partial charge in [0, 0.05) is 62.0 Å². The minimum Gasteiger partial charge on any atom is -0.493 e. The summed E-state index contributed by atoms with van der Waals surface area (Å²) < 4.78 is 24.9. The van der Waals surface area contributed by atoms with Gasteiger partial charge >= 0.3 is 6.03 Å². The van der Waals surface area contributed by atoms with E-state index in [4.69, 9.17) is 29.7 Å². The third-order valence-corrected chi connectivity index (χ3v) is 6.21. The highest BCUT2D eigenvalue weighted by molar-refractivity contribution is 5.91. The van der Waals surface area contributed by atoms with E-state index in [1.165, 1.54) is 0 Å². The van der Waals surface area contributed by atoms with Crippen molar-refractivity contribution in [1.82, 2.24) is 14.5 Å². The molecule has 2 aliphatic heterocycles. The maximum Gasteiger partial charge on any atom is 0.317 e. The molecule has 3 aromatic heterocycles. The number of hydrogen-bond acceptors (Lipinski definition) is 7. The summed E-state index contributed by atoms with van der Waals surface area (Å²) in [6.45, 7) is 5.03. The number of pyridine rings is 2. The second-order valence-corrected chi connectivity index (χ2v) is 8.52. The zero-order chi connectivity index (χ0) is 23.0. The first-order valence-electron chi connectivity index (χ1n) is 10.9. The van der Waals surface area contributed by atoms with Crippen molar-refractivity contribution in [3.8, 4) is 11.6 Å². The van der Waals surface area contributed by atoms with Crippen molar-refractivity contribution in [2.45, 2.75) is 18.9 Å². The van der Waals surface area contributed by atoms with Gasteiger partial charge in [-0.05, 0) is 12.5 Å². The molecule has 10 heteroatoms. The number of amides is 2. The summed E-state index contributed by atoms with van der Waals surface area (Å²) in [5.41, 5.74) is 7.26. The van der Waals surface area contributed by atoms with E-state index in [1.54, 1.807) is 19.4 Å². The molecule has 0 aromatic carbocycles. The zero-order valence-electron chi connectivity index (χ0n) is 18.7. The third kappa shape index (κ3) is 4.12. The molecular weight excluding hydrogens is 426 g/mol. The number of primary amides is 1. The van der Waals surface area contributed by atoms with E-state index < -0.39 is 11.6 Å². The Morgan fingerprint density at radius 1 is 1.33 bits per heavy atom. The van der Waals surface area contributed by atoms with Crippen LogP contribution >= 0.6 is 0 Å². The fraction of sp³-hybridized carbons (Fsp3) is 0.435. The van der Waals surface area contributed by atoms with E-state index in [0.29, 0.717) is 62.8 Å². The van der Waals surface area contributed by atoms with Gasteiger partial charge in [-0.3, -0.25) is 5.32 Å². The lowest BCUT2D eigenvalue weighted by molar-refractivity contribution is -0.0510. The van der Waals surface area contributed by atoms with Gasteiger partial charge in [0.25, 0.3) is 0 Å². The smallest absolute Gasteiger partial charge is 0.317 e. The van der Waals surface area contributed by atoms with E-state index in [-0.39, 0.29) is 0 Å². The van der Waals surface area contributed by atoms with Gasteiger partial charge in [0.1, 0.15) is 23.0 Å². The molecule has 0 saturated carbocycles. The maximum absolute atomic E-state index is 11.3. The van der Waals surface area contributed by atoms with Crippen LogP contribution in [0.5, 0.6) is 5.75 Å². The first-order chi connectivity index (χ1) is 16.0. The van der Waals surface area contributed by atoms with Crippen molar-refractivity contribution in [3.05, 3.63) is 41.9 Å². The van der Waals surface area contributed by atoms with Crippen molar-refractivity contribution in [2.24, 2.45) is 11.7 Å². The van der Waals surface area contributed by atoms with Crippen LogP contribution < -0.4 is 15.8 Å². The molecule has 3 N–H and O–H groups in total. The molecule has 2 saturated heterocycles. The number of nitrogens with one attached hydrogen (secondary N) is 1. The molecule has 0 radical (unpaired) electrons. The highest BCUT2D eigenvalue weighted by Gasteiger charge is 2.39. The molecule has 0 bridgehead atoms. The molecule has 10 nitrogen and oxygen atoms in total. The number of aromatic nitrogens is 3. The lowest BCUT2D eigenvalue weighted by atomic mass is 9.97. The average molecular weight is 453 g/mol. The van der Waals surface area contributed by atoms with Gasteiger partial charge in [-0.25, -0.2) is 14.8 Å². The summed E-state index contributed by atoms with van der Waals surface area (Å²) >= 11 is 0. The normalized spacial score (nSPS) is 20.7. The number of aryl methyl sites for hydroxylation is 1. The predicted octanol–water partition coefficient (Wildman–Crippen LogP) is 2.51. The number of rotatable bonds is 7. The number of methoxy groups -OCH3 is 1. The summed E-state index contributed by atoms with van der Waals surface area (Å²) in [6.07, 6.45) is 4.41. The summed E-state index contributed by atoms with van der Waals surface area (Å²) in [6, 6.07) is 4.94.